The molecule has 7 heteroatoms. The first-order valence-corrected chi connectivity index (χ1v) is 7.23. The van der Waals surface area contributed by atoms with Gasteiger partial charge < -0.3 is 15.6 Å². The molecule has 0 aliphatic rings. The van der Waals surface area contributed by atoms with E-state index in [-0.39, 0.29) is 11.9 Å². The van der Waals surface area contributed by atoms with Crippen LogP contribution in [0.15, 0.2) is 24.7 Å². The number of carbonyl (C=O) groups is 1. The number of hydrogen-bond donors (Lipinski definition) is 3. The third-order valence-electron chi connectivity index (χ3n) is 3.01. The highest BCUT2D eigenvalue weighted by atomic mass is 35.5. The van der Waals surface area contributed by atoms with Gasteiger partial charge in [-0.25, -0.2) is 9.97 Å². The zero-order valence-corrected chi connectivity index (χ0v) is 12.7. The van der Waals surface area contributed by atoms with Gasteiger partial charge in [0.05, 0.1) is 16.6 Å². The molecule has 0 radical (unpaired) electrons. The Kier molecular flexibility index (Phi) is 5.16. The Balaban J connectivity index is 2.11. The average Bonchev–Trinajstić information content (AvgIpc) is 3.01. The number of nitrogens with zero attached hydrogens (tertiary/aromatic N) is 2. The van der Waals surface area contributed by atoms with Gasteiger partial charge in [0.25, 0.3) is 5.91 Å². The second kappa shape index (κ2) is 7.08. The van der Waals surface area contributed by atoms with Gasteiger partial charge in [-0.05, 0) is 19.4 Å². The second-order valence-electron chi connectivity index (χ2n) is 4.49. The van der Waals surface area contributed by atoms with Gasteiger partial charge in [-0.3, -0.25) is 4.79 Å². The summed E-state index contributed by atoms with van der Waals surface area (Å²) in [6, 6.07) is 1.44. The highest BCUT2D eigenvalue weighted by Crippen LogP contribution is 2.20. The van der Waals surface area contributed by atoms with E-state index in [0.717, 1.165) is 12.2 Å². The zero-order valence-electron chi connectivity index (χ0n) is 12.0. The molecule has 2 aromatic rings. The fourth-order valence-electron chi connectivity index (χ4n) is 1.93. The lowest BCUT2D eigenvalue weighted by Gasteiger charge is -2.15. The lowest BCUT2D eigenvalue weighted by atomic mass is 10.2. The number of imidazole rings is 1. The largest absolute Gasteiger partial charge is 0.369 e. The monoisotopic (exact) mass is 307 g/mol. The van der Waals surface area contributed by atoms with Gasteiger partial charge in [-0.2, -0.15) is 0 Å². The number of H-pyrrole nitrogens is 1. The van der Waals surface area contributed by atoms with Crippen LogP contribution in [0.5, 0.6) is 0 Å². The molecule has 1 atom stereocenters. The molecule has 0 aliphatic carbocycles. The molecular formula is C14H18ClN5O. The van der Waals surface area contributed by atoms with E-state index < -0.39 is 0 Å². The van der Waals surface area contributed by atoms with Gasteiger partial charge in [0.2, 0.25) is 0 Å². The molecule has 0 bridgehead atoms. The summed E-state index contributed by atoms with van der Waals surface area (Å²) in [5.41, 5.74) is 0.423. The first-order valence-electron chi connectivity index (χ1n) is 6.85. The minimum atomic E-state index is -0.226. The molecular weight excluding hydrogens is 290 g/mol. The Morgan fingerprint density at radius 1 is 1.43 bits per heavy atom. The van der Waals surface area contributed by atoms with Gasteiger partial charge in [-0.1, -0.05) is 18.5 Å². The number of rotatable bonds is 6. The third kappa shape index (κ3) is 3.72. The Bertz CT molecular complexity index is 599. The van der Waals surface area contributed by atoms with Crippen LogP contribution in [0.2, 0.25) is 5.02 Å². The number of aromatic nitrogens is 3. The Morgan fingerprint density at radius 3 is 2.81 bits per heavy atom. The molecule has 21 heavy (non-hydrogen) atoms. The van der Waals surface area contributed by atoms with Crippen LogP contribution in [-0.4, -0.2) is 27.4 Å². The molecule has 0 saturated heterocycles. The van der Waals surface area contributed by atoms with Gasteiger partial charge in [-0.15, -0.1) is 0 Å². The Hall–Kier alpha value is -2.08. The van der Waals surface area contributed by atoms with Crippen molar-refractivity contribution in [3.05, 3.63) is 41.1 Å². The highest BCUT2D eigenvalue weighted by Gasteiger charge is 2.17. The molecule has 2 rings (SSSR count). The maximum Gasteiger partial charge on any atom is 0.253 e. The fourth-order valence-corrected chi connectivity index (χ4v) is 2.17. The molecule has 1 amide bonds. The summed E-state index contributed by atoms with van der Waals surface area (Å²) in [6.45, 7) is 4.65. The predicted octanol–water partition coefficient (Wildman–Crippen LogP) is 2.77. The van der Waals surface area contributed by atoms with Crippen LogP contribution in [-0.2, 0) is 0 Å². The quantitative estimate of drug-likeness (QED) is 0.766. The summed E-state index contributed by atoms with van der Waals surface area (Å²) in [4.78, 5) is 23.6. The summed E-state index contributed by atoms with van der Waals surface area (Å²) in [5.74, 6) is 1.08. The molecule has 2 aromatic heterocycles. The molecule has 0 spiro atoms. The molecule has 0 fully saturated rings. The van der Waals surface area contributed by atoms with E-state index in [9.17, 15) is 4.79 Å². The van der Waals surface area contributed by atoms with Crippen molar-refractivity contribution in [2.75, 3.05) is 11.9 Å². The lowest BCUT2D eigenvalue weighted by molar-refractivity contribution is 0.0933. The first-order chi connectivity index (χ1) is 10.2. The van der Waals surface area contributed by atoms with E-state index in [1.807, 2.05) is 13.8 Å². The normalized spacial score (nSPS) is 12.0. The molecule has 3 N–H and O–H groups in total. The van der Waals surface area contributed by atoms with Crippen LogP contribution < -0.4 is 10.6 Å². The fraction of sp³-hybridized carbons (Fsp3) is 0.357. The van der Waals surface area contributed by atoms with Crippen LogP contribution in [0.3, 0.4) is 0 Å². The van der Waals surface area contributed by atoms with Crippen molar-refractivity contribution < 1.29 is 4.79 Å². The average molecular weight is 308 g/mol. The number of pyridine rings is 1. The highest BCUT2D eigenvalue weighted by molar-refractivity contribution is 6.33. The minimum Gasteiger partial charge on any atom is -0.369 e. The van der Waals surface area contributed by atoms with Crippen molar-refractivity contribution in [2.45, 2.75) is 26.3 Å². The second-order valence-corrected chi connectivity index (χ2v) is 4.90. The number of nitrogens with one attached hydrogen (secondary N) is 3. The van der Waals surface area contributed by atoms with Crippen molar-refractivity contribution >= 4 is 23.3 Å². The van der Waals surface area contributed by atoms with Crippen molar-refractivity contribution in [3.63, 3.8) is 0 Å². The van der Waals surface area contributed by atoms with Crippen LogP contribution >= 0.6 is 11.6 Å². The van der Waals surface area contributed by atoms with E-state index in [4.69, 9.17) is 11.6 Å². The van der Waals surface area contributed by atoms with Crippen molar-refractivity contribution in [3.8, 4) is 0 Å². The standard InChI is InChI=1S/C14H18ClN5O/c1-3-11(13-17-5-6-18-13)20-14(21)9-7-10(15)12(16-4-2)19-8-9/h5-8,11H,3-4H2,1-2H3,(H,16,19)(H,17,18)(H,20,21). The maximum absolute atomic E-state index is 12.3. The molecule has 112 valence electrons. The minimum absolute atomic E-state index is 0.167. The number of amides is 1. The van der Waals surface area contributed by atoms with Crippen molar-refractivity contribution in [1.82, 2.24) is 20.3 Å². The van der Waals surface area contributed by atoms with Crippen LogP contribution in [0.4, 0.5) is 5.82 Å². The van der Waals surface area contributed by atoms with Crippen LogP contribution in [0, 0.1) is 0 Å². The summed E-state index contributed by atoms with van der Waals surface area (Å²) >= 11 is 6.10. The first kappa shape index (κ1) is 15.3. The smallest absolute Gasteiger partial charge is 0.253 e. The molecule has 0 aliphatic heterocycles. The maximum atomic E-state index is 12.3. The van der Waals surface area contributed by atoms with Gasteiger partial charge >= 0.3 is 0 Å². The van der Waals surface area contributed by atoms with Gasteiger partial charge in [0.15, 0.2) is 0 Å². The number of hydrogen-bond acceptors (Lipinski definition) is 4. The molecule has 1 unspecified atom stereocenters. The Labute approximate surface area is 128 Å². The number of halogens is 1. The summed E-state index contributed by atoms with van der Waals surface area (Å²) in [5, 5.41) is 6.37. The molecule has 0 aromatic carbocycles. The number of aromatic amines is 1. The molecule has 6 nitrogen and oxygen atoms in total. The van der Waals surface area contributed by atoms with Crippen molar-refractivity contribution in [2.24, 2.45) is 0 Å². The van der Waals surface area contributed by atoms with Crippen molar-refractivity contribution in [1.29, 1.82) is 0 Å². The lowest BCUT2D eigenvalue weighted by Crippen LogP contribution is -2.29. The Morgan fingerprint density at radius 2 is 2.24 bits per heavy atom. The van der Waals surface area contributed by atoms with Crippen LogP contribution in [0.25, 0.3) is 0 Å². The molecule has 2 heterocycles. The third-order valence-corrected chi connectivity index (χ3v) is 3.30. The van der Waals surface area contributed by atoms with E-state index in [1.165, 1.54) is 6.20 Å². The van der Waals surface area contributed by atoms with Gasteiger partial charge in [0, 0.05) is 25.1 Å². The van der Waals surface area contributed by atoms with E-state index in [0.29, 0.717) is 22.9 Å². The van der Waals surface area contributed by atoms with Gasteiger partial charge in [0.1, 0.15) is 11.6 Å². The van der Waals surface area contributed by atoms with E-state index in [1.54, 1.807) is 18.5 Å². The summed E-state index contributed by atoms with van der Waals surface area (Å²) in [6.07, 6.45) is 5.63. The topological polar surface area (TPSA) is 82.7 Å². The zero-order chi connectivity index (χ0) is 15.2. The SMILES string of the molecule is CCNc1ncc(C(=O)NC(CC)c2ncc[nH]2)cc1Cl. The number of carbonyl (C=O) groups excluding carboxylic acids is 1. The number of anilines is 1. The molecule has 0 saturated carbocycles. The summed E-state index contributed by atoms with van der Waals surface area (Å²) < 4.78 is 0. The van der Waals surface area contributed by atoms with E-state index in [2.05, 4.69) is 25.6 Å². The van der Waals surface area contributed by atoms with Crippen LogP contribution in [0.1, 0.15) is 42.5 Å². The summed E-state index contributed by atoms with van der Waals surface area (Å²) in [7, 11) is 0. The van der Waals surface area contributed by atoms with E-state index >= 15 is 0 Å². The predicted molar refractivity (Wildman–Crippen MR) is 82.5 cm³/mol.